The molecule has 5 heteroatoms. The lowest BCUT2D eigenvalue weighted by Crippen LogP contribution is -2.15. The van der Waals surface area contributed by atoms with Gasteiger partial charge in [0.05, 0.1) is 10.7 Å². The van der Waals surface area contributed by atoms with Crippen LogP contribution in [0.3, 0.4) is 0 Å². The van der Waals surface area contributed by atoms with Crippen molar-refractivity contribution in [2.45, 2.75) is 19.9 Å². The van der Waals surface area contributed by atoms with Crippen LogP contribution in [-0.2, 0) is 11.3 Å². The van der Waals surface area contributed by atoms with Crippen LogP contribution < -0.4 is 5.32 Å². The highest BCUT2D eigenvalue weighted by Gasteiger charge is 2.06. The topological polar surface area (TPSA) is 46.9 Å². The average molecular weight is 264 g/mol. The van der Waals surface area contributed by atoms with Gasteiger partial charge in [0.15, 0.2) is 0 Å². The van der Waals surface area contributed by atoms with E-state index in [0.717, 1.165) is 5.56 Å². The molecule has 1 amide bonds. The number of rotatable bonds is 4. The molecule has 0 atom stereocenters. The van der Waals surface area contributed by atoms with Gasteiger partial charge in [-0.3, -0.25) is 9.48 Å². The third kappa shape index (κ3) is 3.34. The molecule has 0 saturated carbocycles. The summed E-state index contributed by atoms with van der Waals surface area (Å²) in [6.45, 7) is 2.51. The quantitative estimate of drug-likeness (QED) is 0.922. The van der Waals surface area contributed by atoms with Crippen LogP contribution in [0.25, 0.3) is 0 Å². The number of nitrogens with zero attached hydrogens (tertiary/aromatic N) is 2. The van der Waals surface area contributed by atoms with E-state index in [0.29, 0.717) is 23.7 Å². The number of halogens is 1. The van der Waals surface area contributed by atoms with Crippen LogP contribution in [0.2, 0.25) is 5.02 Å². The monoisotopic (exact) mass is 263 g/mol. The fourth-order valence-electron chi connectivity index (χ4n) is 1.58. The van der Waals surface area contributed by atoms with Crippen molar-refractivity contribution >= 4 is 23.2 Å². The van der Waals surface area contributed by atoms with Crippen LogP contribution in [-0.4, -0.2) is 15.7 Å². The highest BCUT2D eigenvalue weighted by molar-refractivity contribution is 6.33. The molecule has 0 aliphatic carbocycles. The second-order valence-electron chi connectivity index (χ2n) is 4.05. The first kappa shape index (κ1) is 12.6. The largest absolute Gasteiger partial charge is 0.325 e. The van der Waals surface area contributed by atoms with Crippen LogP contribution in [0, 0.1) is 6.92 Å². The summed E-state index contributed by atoms with van der Waals surface area (Å²) in [6, 6.07) is 7.37. The highest BCUT2D eigenvalue weighted by Crippen LogP contribution is 2.22. The Bertz CT molecular complexity index is 537. The summed E-state index contributed by atoms with van der Waals surface area (Å²) >= 11 is 6.04. The number of aromatic nitrogens is 2. The Hall–Kier alpha value is -1.81. The maximum Gasteiger partial charge on any atom is 0.226 e. The molecule has 0 radical (unpaired) electrons. The summed E-state index contributed by atoms with van der Waals surface area (Å²) in [6.07, 6.45) is 3.88. The Labute approximate surface area is 111 Å². The molecule has 0 aliphatic rings. The molecule has 0 saturated heterocycles. The number of aryl methyl sites for hydroxylation is 2. The van der Waals surface area contributed by atoms with E-state index in [-0.39, 0.29) is 5.91 Å². The van der Waals surface area contributed by atoms with Gasteiger partial charge in [-0.2, -0.15) is 5.10 Å². The number of hydrogen-bond donors (Lipinski definition) is 1. The normalized spacial score (nSPS) is 10.3. The Morgan fingerprint density at radius 2 is 2.33 bits per heavy atom. The zero-order valence-corrected chi connectivity index (χ0v) is 10.8. The smallest absolute Gasteiger partial charge is 0.226 e. The molecule has 0 aliphatic heterocycles. The van der Waals surface area contributed by atoms with Gasteiger partial charge in [0.2, 0.25) is 5.91 Å². The summed E-state index contributed by atoms with van der Waals surface area (Å²) < 4.78 is 1.72. The maximum atomic E-state index is 11.7. The van der Waals surface area contributed by atoms with E-state index in [1.807, 2.05) is 37.4 Å². The van der Waals surface area contributed by atoms with Crippen molar-refractivity contribution in [2.75, 3.05) is 5.32 Å². The third-order valence-corrected chi connectivity index (χ3v) is 2.84. The standard InChI is InChI=1S/C13H14ClN3O/c1-10-3-4-12(11(14)9-10)16-13(18)5-8-17-7-2-6-15-17/h2-4,6-7,9H,5,8H2,1H3,(H,16,18). The second kappa shape index (κ2) is 5.69. The zero-order valence-electron chi connectivity index (χ0n) is 10.1. The van der Waals surface area contributed by atoms with E-state index in [2.05, 4.69) is 10.4 Å². The van der Waals surface area contributed by atoms with Crippen LogP contribution >= 0.6 is 11.6 Å². The predicted molar refractivity (Wildman–Crippen MR) is 71.7 cm³/mol. The van der Waals surface area contributed by atoms with Gasteiger partial charge in [0, 0.05) is 25.4 Å². The fourth-order valence-corrected chi connectivity index (χ4v) is 1.87. The number of hydrogen-bond acceptors (Lipinski definition) is 2. The van der Waals surface area contributed by atoms with E-state index in [1.165, 1.54) is 0 Å². The summed E-state index contributed by atoms with van der Waals surface area (Å²) in [4.78, 5) is 11.7. The lowest BCUT2D eigenvalue weighted by atomic mass is 10.2. The number of anilines is 1. The van der Waals surface area contributed by atoms with Gasteiger partial charge < -0.3 is 5.32 Å². The molecule has 2 rings (SSSR count). The Kier molecular flexibility index (Phi) is 3.99. The first-order valence-corrected chi connectivity index (χ1v) is 6.06. The van der Waals surface area contributed by atoms with Crippen molar-refractivity contribution < 1.29 is 4.79 Å². The number of nitrogens with one attached hydrogen (secondary N) is 1. The number of carbonyl (C=O) groups is 1. The van der Waals surface area contributed by atoms with Crippen molar-refractivity contribution in [3.05, 3.63) is 47.2 Å². The molecule has 1 N–H and O–H groups in total. The first-order chi connectivity index (χ1) is 8.65. The minimum Gasteiger partial charge on any atom is -0.325 e. The van der Waals surface area contributed by atoms with Crippen LogP contribution in [0.15, 0.2) is 36.7 Å². The Morgan fingerprint density at radius 1 is 1.50 bits per heavy atom. The van der Waals surface area contributed by atoms with Gasteiger partial charge in [0.1, 0.15) is 0 Å². The van der Waals surface area contributed by atoms with E-state index in [4.69, 9.17) is 11.6 Å². The molecule has 0 fully saturated rings. The molecule has 1 heterocycles. The lowest BCUT2D eigenvalue weighted by Gasteiger charge is -2.08. The minimum atomic E-state index is -0.0729. The molecular weight excluding hydrogens is 250 g/mol. The van der Waals surface area contributed by atoms with Crippen LogP contribution in [0.4, 0.5) is 5.69 Å². The van der Waals surface area contributed by atoms with Gasteiger partial charge in [-0.05, 0) is 30.7 Å². The van der Waals surface area contributed by atoms with Crippen molar-refractivity contribution in [3.8, 4) is 0 Å². The van der Waals surface area contributed by atoms with Crippen molar-refractivity contribution in [1.29, 1.82) is 0 Å². The van der Waals surface area contributed by atoms with Gasteiger partial charge >= 0.3 is 0 Å². The minimum absolute atomic E-state index is 0.0729. The number of carbonyl (C=O) groups excluding carboxylic acids is 1. The summed E-state index contributed by atoms with van der Waals surface area (Å²) in [5, 5.41) is 7.38. The van der Waals surface area contributed by atoms with Crippen molar-refractivity contribution in [2.24, 2.45) is 0 Å². The Morgan fingerprint density at radius 3 is 3.00 bits per heavy atom. The first-order valence-electron chi connectivity index (χ1n) is 5.68. The van der Waals surface area contributed by atoms with E-state index >= 15 is 0 Å². The predicted octanol–water partition coefficient (Wildman–Crippen LogP) is 2.87. The summed E-state index contributed by atoms with van der Waals surface area (Å²) in [7, 11) is 0. The second-order valence-corrected chi connectivity index (χ2v) is 4.46. The molecule has 2 aromatic rings. The van der Waals surface area contributed by atoms with Gasteiger partial charge in [-0.25, -0.2) is 0 Å². The molecule has 18 heavy (non-hydrogen) atoms. The average Bonchev–Trinajstić information content (AvgIpc) is 2.83. The lowest BCUT2D eigenvalue weighted by molar-refractivity contribution is -0.116. The molecule has 1 aromatic heterocycles. The molecule has 0 spiro atoms. The zero-order chi connectivity index (χ0) is 13.0. The van der Waals surface area contributed by atoms with Crippen molar-refractivity contribution in [3.63, 3.8) is 0 Å². The fraction of sp³-hybridized carbons (Fsp3) is 0.231. The van der Waals surface area contributed by atoms with E-state index < -0.39 is 0 Å². The van der Waals surface area contributed by atoms with Gasteiger partial charge in [-0.15, -0.1) is 0 Å². The SMILES string of the molecule is Cc1ccc(NC(=O)CCn2cccn2)c(Cl)c1. The van der Waals surface area contributed by atoms with Crippen LogP contribution in [0.1, 0.15) is 12.0 Å². The third-order valence-electron chi connectivity index (χ3n) is 2.53. The van der Waals surface area contributed by atoms with Crippen molar-refractivity contribution in [1.82, 2.24) is 9.78 Å². The van der Waals surface area contributed by atoms with Gasteiger partial charge in [-0.1, -0.05) is 17.7 Å². The Balaban J connectivity index is 1.91. The molecule has 0 unspecified atom stereocenters. The molecular formula is C13H14ClN3O. The number of benzene rings is 1. The van der Waals surface area contributed by atoms with E-state index in [1.54, 1.807) is 10.9 Å². The van der Waals surface area contributed by atoms with Gasteiger partial charge in [0.25, 0.3) is 0 Å². The summed E-state index contributed by atoms with van der Waals surface area (Å²) in [5.41, 5.74) is 1.71. The molecule has 94 valence electrons. The number of amides is 1. The maximum absolute atomic E-state index is 11.7. The highest BCUT2D eigenvalue weighted by atomic mass is 35.5. The van der Waals surface area contributed by atoms with Crippen LogP contribution in [0.5, 0.6) is 0 Å². The summed E-state index contributed by atoms with van der Waals surface area (Å²) in [5.74, 6) is -0.0729. The molecule has 0 bridgehead atoms. The molecule has 4 nitrogen and oxygen atoms in total. The molecule has 1 aromatic carbocycles. The van der Waals surface area contributed by atoms with E-state index in [9.17, 15) is 4.79 Å².